The molecule has 0 N–H and O–H groups in total. The zero-order chi connectivity index (χ0) is 13.0. The lowest BCUT2D eigenvalue weighted by Gasteiger charge is -2.23. The second-order valence-electron chi connectivity index (χ2n) is 5.39. The van der Waals surface area contributed by atoms with Crippen LogP contribution in [-0.2, 0) is 0 Å². The highest BCUT2D eigenvalue weighted by Gasteiger charge is 2.17. The van der Waals surface area contributed by atoms with E-state index in [0.717, 1.165) is 6.42 Å². The fourth-order valence-corrected chi connectivity index (χ4v) is 2.60. The fraction of sp³-hybridized carbons (Fsp3) is 0.600. The van der Waals surface area contributed by atoms with Gasteiger partial charge in [-0.1, -0.05) is 52.0 Å². The molecule has 1 rings (SSSR count). The zero-order valence-corrected chi connectivity index (χ0v) is 13.0. The van der Waals surface area contributed by atoms with E-state index in [0.29, 0.717) is 17.8 Å². The van der Waals surface area contributed by atoms with E-state index in [2.05, 4.69) is 77.2 Å². The maximum atomic E-state index is 4.40. The molecule has 0 spiro atoms. The first-order chi connectivity index (χ1) is 7.91. The van der Waals surface area contributed by atoms with Crippen LogP contribution in [0, 0.1) is 5.92 Å². The van der Waals surface area contributed by atoms with E-state index in [1.165, 1.54) is 11.1 Å². The molecule has 0 heterocycles. The molecule has 0 bridgehead atoms. The predicted octanol–water partition coefficient (Wildman–Crippen LogP) is 5.13. The Morgan fingerprint density at radius 3 is 1.71 bits per heavy atom. The standard InChI is InChI=1S/C15H24S2/c1-10(2)12-5-7-13(8-6-12)14(11(3)4)9-15(16)17/h5-8,10-11,14-17H,9H2,1-4H3. The van der Waals surface area contributed by atoms with Gasteiger partial charge in [0.25, 0.3) is 0 Å². The van der Waals surface area contributed by atoms with Crippen LogP contribution in [0.2, 0.25) is 0 Å². The number of hydrogen-bond acceptors (Lipinski definition) is 2. The Bertz CT molecular complexity index is 325. The minimum absolute atomic E-state index is 0.159. The van der Waals surface area contributed by atoms with Crippen molar-refractivity contribution in [2.75, 3.05) is 0 Å². The largest absolute Gasteiger partial charge is 0.165 e. The highest BCUT2D eigenvalue weighted by Crippen LogP contribution is 2.32. The van der Waals surface area contributed by atoms with Crippen molar-refractivity contribution in [3.05, 3.63) is 35.4 Å². The van der Waals surface area contributed by atoms with Gasteiger partial charge in [0.1, 0.15) is 0 Å². The Morgan fingerprint density at radius 2 is 1.35 bits per heavy atom. The van der Waals surface area contributed by atoms with Crippen LogP contribution < -0.4 is 0 Å². The van der Waals surface area contributed by atoms with Gasteiger partial charge in [0.15, 0.2) is 0 Å². The van der Waals surface area contributed by atoms with Gasteiger partial charge in [0.2, 0.25) is 0 Å². The fourth-order valence-electron chi connectivity index (χ4n) is 2.15. The minimum atomic E-state index is 0.159. The Labute approximate surface area is 117 Å². The molecule has 0 aliphatic carbocycles. The molecule has 1 atom stereocenters. The normalized spacial score (nSPS) is 13.7. The Kier molecular flexibility index (Phi) is 5.94. The average molecular weight is 268 g/mol. The minimum Gasteiger partial charge on any atom is -0.165 e. The summed E-state index contributed by atoms with van der Waals surface area (Å²) in [5.74, 6) is 1.78. The smallest absolute Gasteiger partial charge is 0.0448 e. The molecule has 17 heavy (non-hydrogen) atoms. The van der Waals surface area contributed by atoms with Crippen molar-refractivity contribution in [1.29, 1.82) is 0 Å². The molecule has 1 aromatic rings. The predicted molar refractivity (Wildman–Crippen MR) is 84.5 cm³/mol. The van der Waals surface area contributed by atoms with Crippen molar-refractivity contribution in [3.8, 4) is 0 Å². The van der Waals surface area contributed by atoms with E-state index < -0.39 is 0 Å². The van der Waals surface area contributed by atoms with E-state index in [4.69, 9.17) is 0 Å². The third-order valence-electron chi connectivity index (χ3n) is 3.30. The first-order valence-electron chi connectivity index (χ1n) is 6.37. The molecule has 0 nitrogen and oxygen atoms in total. The monoisotopic (exact) mass is 268 g/mol. The van der Waals surface area contributed by atoms with Crippen LogP contribution in [0.15, 0.2) is 24.3 Å². The summed E-state index contributed by atoms with van der Waals surface area (Å²) in [5, 5.41) is 0. The van der Waals surface area contributed by atoms with Crippen molar-refractivity contribution < 1.29 is 0 Å². The lowest BCUT2D eigenvalue weighted by Crippen LogP contribution is -2.10. The van der Waals surface area contributed by atoms with Gasteiger partial charge >= 0.3 is 0 Å². The maximum absolute atomic E-state index is 4.40. The molecule has 0 saturated heterocycles. The molecule has 96 valence electrons. The van der Waals surface area contributed by atoms with Gasteiger partial charge in [0.05, 0.1) is 0 Å². The number of benzene rings is 1. The molecule has 1 aromatic carbocycles. The first-order valence-corrected chi connectivity index (χ1v) is 7.41. The van der Waals surface area contributed by atoms with Crippen LogP contribution in [0.1, 0.15) is 57.1 Å². The summed E-state index contributed by atoms with van der Waals surface area (Å²) in [7, 11) is 0. The maximum Gasteiger partial charge on any atom is 0.0448 e. The Hall–Kier alpha value is -0.0800. The van der Waals surface area contributed by atoms with E-state index in [9.17, 15) is 0 Å². The Balaban J connectivity index is 2.87. The number of thiol groups is 2. The average Bonchev–Trinajstić information content (AvgIpc) is 2.25. The van der Waals surface area contributed by atoms with Crippen LogP contribution in [-0.4, -0.2) is 4.58 Å². The van der Waals surface area contributed by atoms with Crippen molar-refractivity contribution in [3.63, 3.8) is 0 Å². The molecule has 2 heteroatoms. The molecule has 0 amide bonds. The van der Waals surface area contributed by atoms with E-state index >= 15 is 0 Å². The van der Waals surface area contributed by atoms with Crippen LogP contribution in [0.5, 0.6) is 0 Å². The molecule has 0 radical (unpaired) electrons. The Morgan fingerprint density at radius 1 is 0.882 bits per heavy atom. The van der Waals surface area contributed by atoms with E-state index in [1.54, 1.807) is 0 Å². The summed E-state index contributed by atoms with van der Waals surface area (Å²) in [5.41, 5.74) is 2.82. The number of hydrogen-bond donors (Lipinski definition) is 2. The van der Waals surface area contributed by atoms with Crippen LogP contribution >= 0.6 is 25.3 Å². The van der Waals surface area contributed by atoms with Crippen molar-refractivity contribution >= 4 is 25.3 Å². The van der Waals surface area contributed by atoms with Gasteiger partial charge in [-0.2, -0.15) is 25.3 Å². The molecule has 0 aliphatic rings. The third-order valence-corrected chi connectivity index (χ3v) is 3.72. The van der Waals surface area contributed by atoms with E-state index in [-0.39, 0.29) is 4.58 Å². The summed E-state index contributed by atoms with van der Waals surface area (Å²) in [6.45, 7) is 8.99. The molecule has 0 aromatic heterocycles. The molecular weight excluding hydrogens is 244 g/mol. The first kappa shape index (κ1) is 15.0. The van der Waals surface area contributed by atoms with Gasteiger partial charge in [-0.25, -0.2) is 0 Å². The van der Waals surface area contributed by atoms with E-state index in [1.807, 2.05) is 0 Å². The molecule has 1 unspecified atom stereocenters. The van der Waals surface area contributed by atoms with Gasteiger partial charge < -0.3 is 0 Å². The summed E-state index contributed by atoms with van der Waals surface area (Å²) >= 11 is 8.80. The van der Waals surface area contributed by atoms with Crippen molar-refractivity contribution in [1.82, 2.24) is 0 Å². The lowest BCUT2D eigenvalue weighted by atomic mass is 9.85. The highest BCUT2D eigenvalue weighted by atomic mass is 32.2. The molecule has 0 aliphatic heterocycles. The van der Waals surface area contributed by atoms with Gasteiger partial charge in [0, 0.05) is 4.58 Å². The SMILES string of the molecule is CC(C)c1ccc(C(CC(S)S)C(C)C)cc1. The zero-order valence-electron chi connectivity index (χ0n) is 11.2. The van der Waals surface area contributed by atoms with Crippen LogP contribution in [0.25, 0.3) is 0 Å². The topological polar surface area (TPSA) is 0 Å². The second kappa shape index (κ2) is 6.75. The summed E-state index contributed by atoms with van der Waals surface area (Å²) in [4.78, 5) is 0. The summed E-state index contributed by atoms with van der Waals surface area (Å²) in [6.07, 6.45) is 1.02. The van der Waals surface area contributed by atoms with Crippen molar-refractivity contribution in [2.45, 2.75) is 50.5 Å². The summed E-state index contributed by atoms with van der Waals surface area (Å²) in [6, 6.07) is 9.04. The number of rotatable bonds is 5. The lowest BCUT2D eigenvalue weighted by molar-refractivity contribution is 0.483. The van der Waals surface area contributed by atoms with Crippen LogP contribution in [0.3, 0.4) is 0 Å². The molecular formula is C15H24S2. The van der Waals surface area contributed by atoms with Crippen LogP contribution in [0.4, 0.5) is 0 Å². The van der Waals surface area contributed by atoms with Gasteiger partial charge in [-0.15, -0.1) is 0 Å². The second-order valence-corrected chi connectivity index (χ2v) is 7.04. The third kappa shape index (κ3) is 4.59. The quantitative estimate of drug-likeness (QED) is 0.537. The van der Waals surface area contributed by atoms with Gasteiger partial charge in [-0.05, 0) is 35.3 Å². The molecule has 0 fully saturated rings. The van der Waals surface area contributed by atoms with Crippen molar-refractivity contribution in [2.24, 2.45) is 5.92 Å². The highest BCUT2D eigenvalue weighted by molar-refractivity contribution is 7.99. The molecule has 0 saturated carbocycles. The van der Waals surface area contributed by atoms with Gasteiger partial charge in [-0.3, -0.25) is 0 Å². The summed E-state index contributed by atoms with van der Waals surface area (Å²) < 4.78 is 0.159.